The number of carbonyl (C=O) groups excluding carboxylic acids is 1. The van der Waals surface area contributed by atoms with E-state index >= 15 is 0 Å². The third kappa shape index (κ3) is 7.16. The minimum Gasteiger partial charge on any atom is -0.404 e. The molecule has 0 atom stereocenters. The molecule has 31 heavy (non-hydrogen) atoms. The topological polar surface area (TPSA) is 109 Å². The predicted octanol–water partition coefficient (Wildman–Crippen LogP) is 2.72. The van der Waals surface area contributed by atoms with Gasteiger partial charge in [-0.25, -0.2) is 4.99 Å². The predicted molar refractivity (Wildman–Crippen MR) is 117 cm³/mol. The average molecular weight is 436 g/mol. The van der Waals surface area contributed by atoms with Crippen LogP contribution >= 0.6 is 0 Å². The van der Waals surface area contributed by atoms with E-state index in [2.05, 4.69) is 15.3 Å². The number of allylic oxidation sites excluding steroid dienone is 1. The van der Waals surface area contributed by atoms with Crippen LogP contribution in [0, 0.1) is 0 Å². The van der Waals surface area contributed by atoms with Gasteiger partial charge in [-0.3, -0.25) is 9.79 Å². The number of nitrogens with two attached hydrogens (primary N) is 2. The lowest BCUT2D eigenvalue weighted by atomic mass is 10.0. The third-order valence-electron chi connectivity index (χ3n) is 4.74. The van der Waals surface area contributed by atoms with E-state index in [0.717, 1.165) is 11.1 Å². The van der Waals surface area contributed by atoms with Gasteiger partial charge in [0.1, 0.15) is 5.84 Å². The summed E-state index contributed by atoms with van der Waals surface area (Å²) >= 11 is 0. The molecule has 10 heteroatoms. The fraction of sp³-hybridized carbons (Fsp3) is 0.381. The lowest BCUT2D eigenvalue weighted by Crippen LogP contribution is -2.41. The zero-order valence-corrected chi connectivity index (χ0v) is 17.5. The van der Waals surface area contributed by atoms with Crippen molar-refractivity contribution in [3.63, 3.8) is 0 Å². The molecular formula is C21H27F3N6O. The molecule has 0 spiro atoms. The van der Waals surface area contributed by atoms with Gasteiger partial charge in [0.15, 0.2) is 0 Å². The Morgan fingerprint density at radius 2 is 1.97 bits per heavy atom. The van der Waals surface area contributed by atoms with Crippen molar-refractivity contribution in [3.05, 3.63) is 47.3 Å². The second kappa shape index (κ2) is 10.6. The Morgan fingerprint density at radius 1 is 1.29 bits per heavy atom. The third-order valence-corrected chi connectivity index (χ3v) is 4.74. The summed E-state index contributed by atoms with van der Waals surface area (Å²) in [4.78, 5) is 21.7. The highest BCUT2D eigenvalue weighted by molar-refractivity contribution is 6.09. The first-order valence-corrected chi connectivity index (χ1v) is 9.71. The summed E-state index contributed by atoms with van der Waals surface area (Å²) in [5.74, 6) is 0.0144. The molecule has 7 nitrogen and oxygen atoms in total. The molecule has 0 saturated heterocycles. The van der Waals surface area contributed by atoms with E-state index in [9.17, 15) is 18.0 Å². The quantitative estimate of drug-likeness (QED) is 0.451. The van der Waals surface area contributed by atoms with E-state index < -0.39 is 12.6 Å². The van der Waals surface area contributed by atoms with E-state index in [4.69, 9.17) is 11.5 Å². The van der Waals surface area contributed by atoms with Crippen molar-refractivity contribution in [2.24, 2.45) is 21.5 Å². The Bertz CT molecular complexity index is 901. The number of amidine groups is 1. The maximum absolute atomic E-state index is 12.5. The van der Waals surface area contributed by atoms with Gasteiger partial charge in [-0.15, -0.1) is 0 Å². The maximum Gasteiger partial charge on any atom is 0.390 e. The van der Waals surface area contributed by atoms with Crippen LogP contribution < -0.4 is 16.8 Å². The Labute approximate surface area is 179 Å². The minimum absolute atomic E-state index is 0.136. The number of amides is 1. The summed E-state index contributed by atoms with van der Waals surface area (Å²) < 4.78 is 37.5. The number of nitrogens with zero attached hydrogens (tertiary/aromatic N) is 3. The van der Waals surface area contributed by atoms with E-state index in [1.54, 1.807) is 30.3 Å². The molecule has 2 rings (SSSR count). The molecular weight excluding hydrogens is 409 g/mol. The van der Waals surface area contributed by atoms with Gasteiger partial charge in [0.25, 0.3) is 0 Å². The molecule has 5 N–H and O–H groups in total. The number of aliphatic imine (C=N–C) groups is 2. The van der Waals surface area contributed by atoms with Crippen molar-refractivity contribution >= 4 is 29.2 Å². The summed E-state index contributed by atoms with van der Waals surface area (Å²) in [6, 6.07) is 7.12. The molecule has 0 aromatic heterocycles. The summed E-state index contributed by atoms with van der Waals surface area (Å²) in [5.41, 5.74) is 15.1. The van der Waals surface area contributed by atoms with Crippen LogP contribution in [0.1, 0.15) is 25.3 Å². The van der Waals surface area contributed by atoms with Crippen molar-refractivity contribution < 1.29 is 18.0 Å². The smallest absolute Gasteiger partial charge is 0.390 e. The molecule has 1 aromatic carbocycles. The normalized spacial score (nSPS) is 16.2. The number of hydrogen-bond donors (Lipinski definition) is 3. The molecule has 0 unspecified atom stereocenters. The average Bonchev–Trinajstić information content (AvgIpc) is 2.71. The monoisotopic (exact) mass is 436 g/mol. The Balaban J connectivity index is 2.28. The first-order valence-electron chi connectivity index (χ1n) is 9.71. The molecule has 0 fully saturated rings. The molecule has 0 bridgehead atoms. The number of hydrogen-bond acceptors (Lipinski definition) is 5. The molecule has 1 amide bonds. The van der Waals surface area contributed by atoms with Gasteiger partial charge in [-0.1, -0.05) is 12.1 Å². The number of rotatable bonds is 7. The van der Waals surface area contributed by atoms with Gasteiger partial charge in [0.05, 0.1) is 18.7 Å². The van der Waals surface area contributed by atoms with Gasteiger partial charge in [0, 0.05) is 62.7 Å². The number of halogens is 3. The summed E-state index contributed by atoms with van der Waals surface area (Å²) in [6.07, 6.45) is -1.76. The largest absolute Gasteiger partial charge is 0.404 e. The van der Waals surface area contributed by atoms with Crippen LogP contribution in [0.5, 0.6) is 0 Å². The highest BCUT2D eigenvalue weighted by Gasteiger charge is 2.28. The van der Waals surface area contributed by atoms with Crippen LogP contribution in [-0.2, 0) is 4.79 Å². The minimum atomic E-state index is -4.26. The lowest BCUT2D eigenvalue weighted by molar-refractivity contribution is -0.133. The summed E-state index contributed by atoms with van der Waals surface area (Å²) in [6.45, 7) is 1.76. The second-order valence-electron chi connectivity index (χ2n) is 6.99. The van der Waals surface area contributed by atoms with E-state index in [-0.39, 0.29) is 24.8 Å². The zero-order valence-electron chi connectivity index (χ0n) is 17.5. The van der Waals surface area contributed by atoms with Gasteiger partial charge in [-0.05, 0) is 17.7 Å². The fourth-order valence-electron chi connectivity index (χ4n) is 3.11. The maximum atomic E-state index is 12.5. The van der Waals surface area contributed by atoms with Crippen molar-refractivity contribution in [1.82, 2.24) is 10.2 Å². The Morgan fingerprint density at radius 3 is 2.52 bits per heavy atom. The molecule has 168 valence electrons. The first kappa shape index (κ1) is 24.0. The van der Waals surface area contributed by atoms with Crippen LogP contribution in [0.15, 0.2) is 51.7 Å². The van der Waals surface area contributed by atoms with E-state index in [0.29, 0.717) is 29.9 Å². The number of carbonyl (C=O) groups is 1. The highest BCUT2D eigenvalue weighted by atomic mass is 19.4. The molecule has 1 heterocycles. The Hall–Kier alpha value is -3.30. The zero-order chi connectivity index (χ0) is 23.0. The molecule has 0 saturated carbocycles. The number of alkyl halides is 3. The molecule has 1 aliphatic heterocycles. The first-order chi connectivity index (χ1) is 14.6. The molecule has 0 radical (unpaired) electrons. The summed E-state index contributed by atoms with van der Waals surface area (Å²) in [7, 11) is 1.64. The van der Waals surface area contributed by atoms with Crippen LogP contribution in [0.3, 0.4) is 0 Å². The fourth-order valence-corrected chi connectivity index (χ4v) is 3.11. The standard InChI is InChI=1S/C21H27F3N6O/c1-14(31)30-10-7-19(28-9-8-21(22,23)24)18(13-30)20(26)29-17-5-3-15(4-6-17)16(11-25)12-27-2/h3-6,11-12,28H,7-10,13,25H2,1-2H3,(H2,26,29). The van der Waals surface area contributed by atoms with E-state index in [1.165, 1.54) is 13.1 Å². The van der Waals surface area contributed by atoms with Crippen molar-refractivity contribution in [1.29, 1.82) is 0 Å². The SMILES string of the molecule is CN=CC(=CN)c1ccc(N=C(N)C2=C(NCCC(F)(F)F)CCN(C(C)=O)C2)cc1. The van der Waals surface area contributed by atoms with Gasteiger partial charge >= 0.3 is 6.18 Å². The van der Waals surface area contributed by atoms with Crippen LogP contribution in [0.25, 0.3) is 5.57 Å². The van der Waals surface area contributed by atoms with E-state index in [1.807, 2.05) is 12.1 Å². The molecule has 1 aliphatic rings. The molecule has 0 aliphatic carbocycles. The van der Waals surface area contributed by atoms with Crippen molar-refractivity contribution in [2.75, 3.05) is 26.7 Å². The van der Waals surface area contributed by atoms with Crippen LogP contribution in [0.2, 0.25) is 0 Å². The van der Waals surface area contributed by atoms with Crippen molar-refractivity contribution in [3.8, 4) is 0 Å². The van der Waals surface area contributed by atoms with Gasteiger partial charge < -0.3 is 21.7 Å². The molecule has 1 aromatic rings. The van der Waals surface area contributed by atoms with Crippen LogP contribution in [0.4, 0.5) is 18.9 Å². The highest BCUT2D eigenvalue weighted by Crippen LogP contribution is 2.23. The van der Waals surface area contributed by atoms with Gasteiger partial charge in [0.2, 0.25) is 5.91 Å². The van der Waals surface area contributed by atoms with Crippen molar-refractivity contribution in [2.45, 2.75) is 25.9 Å². The van der Waals surface area contributed by atoms with Crippen LogP contribution in [-0.4, -0.2) is 55.7 Å². The Kier molecular flexibility index (Phi) is 8.23. The summed E-state index contributed by atoms with van der Waals surface area (Å²) in [5, 5.41) is 2.83. The number of benzene rings is 1. The van der Waals surface area contributed by atoms with Gasteiger partial charge in [-0.2, -0.15) is 13.2 Å². The second-order valence-corrected chi connectivity index (χ2v) is 6.99. The lowest BCUT2D eigenvalue weighted by Gasteiger charge is -2.30. The number of nitrogens with one attached hydrogen (secondary N) is 1.